The minimum Gasteiger partial charge on any atom is -0.495 e. The SMILES string of the molecule is COc1cc(Cl)c(C)cc1NC(=O)NC(C(=O)N(CC(=O)NO)CC1CCCC1)C(C)(C)C. The molecule has 0 saturated heterocycles. The van der Waals surface area contributed by atoms with Crippen LogP contribution in [0, 0.1) is 18.3 Å². The van der Waals surface area contributed by atoms with Crippen LogP contribution in [-0.4, -0.2) is 54.2 Å². The molecule has 184 valence electrons. The van der Waals surface area contributed by atoms with Crippen LogP contribution in [0.5, 0.6) is 5.75 Å². The highest BCUT2D eigenvalue weighted by atomic mass is 35.5. The van der Waals surface area contributed by atoms with Crippen molar-refractivity contribution < 1.29 is 24.3 Å². The lowest BCUT2D eigenvalue weighted by molar-refractivity contribution is -0.142. The molecular formula is C23H35ClN4O5. The molecule has 1 aliphatic carbocycles. The Morgan fingerprint density at radius 3 is 2.42 bits per heavy atom. The highest BCUT2D eigenvalue weighted by molar-refractivity contribution is 6.31. The summed E-state index contributed by atoms with van der Waals surface area (Å²) in [5.41, 5.74) is 2.13. The largest absolute Gasteiger partial charge is 0.495 e. The molecule has 9 nitrogen and oxygen atoms in total. The van der Waals surface area contributed by atoms with Crippen molar-refractivity contribution in [2.45, 2.75) is 59.4 Å². The molecule has 2 rings (SSSR count). The normalized spacial score (nSPS) is 15.0. The monoisotopic (exact) mass is 482 g/mol. The highest BCUT2D eigenvalue weighted by Gasteiger charge is 2.37. The first-order valence-corrected chi connectivity index (χ1v) is 11.5. The number of amides is 4. The number of methoxy groups -OCH3 is 1. The van der Waals surface area contributed by atoms with Gasteiger partial charge in [0.2, 0.25) is 5.91 Å². The van der Waals surface area contributed by atoms with Crippen molar-refractivity contribution in [3.8, 4) is 5.75 Å². The van der Waals surface area contributed by atoms with Gasteiger partial charge < -0.3 is 20.3 Å². The van der Waals surface area contributed by atoms with Crippen LogP contribution in [0.4, 0.5) is 10.5 Å². The minimum atomic E-state index is -0.912. The van der Waals surface area contributed by atoms with Crippen LogP contribution in [0.25, 0.3) is 0 Å². The van der Waals surface area contributed by atoms with Crippen LogP contribution in [0.3, 0.4) is 0 Å². The number of anilines is 1. The van der Waals surface area contributed by atoms with Crippen LogP contribution < -0.4 is 20.9 Å². The van der Waals surface area contributed by atoms with Gasteiger partial charge in [-0.3, -0.25) is 14.8 Å². The third-order valence-corrected chi connectivity index (χ3v) is 6.25. The summed E-state index contributed by atoms with van der Waals surface area (Å²) in [7, 11) is 1.47. The predicted octanol–water partition coefficient (Wildman–Crippen LogP) is 3.72. The Morgan fingerprint density at radius 1 is 1.24 bits per heavy atom. The van der Waals surface area contributed by atoms with Crippen LogP contribution in [0.15, 0.2) is 12.1 Å². The van der Waals surface area contributed by atoms with Gasteiger partial charge in [-0.2, -0.15) is 0 Å². The minimum absolute atomic E-state index is 0.286. The van der Waals surface area contributed by atoms with Crippen molar-refractivity contribution in [3.63, 3.8) is 0 Å². The lowest BCUT2D eigenvalue weighted by Crippen LogP contribution is -2.57. The van der Waals surface area contributed by atoms with Crippen molar-refractivity contribution in [1.29, 1.82) is 0 Å². The Morgan fingerprint density at radius 2 is 1.88 bits per heavy atom. The zero-order chi connectivity index (χ0) is 24.8. The summed E-state index contributed by atoms with van der Waals surface area (Å²) in [6.45, 7) is 7.42. The number of rotatable bonds is 8. The van der Waals surface area contributed by atoms with E-state index in [0.717, 1.165) is 31.2 Å². The van der Waals surface area contributed by atoms with Gasteiger partial charge in [0, 0.05) is 17.6 Å². The molecule has 0 radical (unpaired) electrons. The van der Waals surface area contributed by atoms with Crippen LogP contribution in [-0.2, 0) is 9.59 Å². The molecule has 0 aliphatic heterocycles. The number of halogens is 1. The Hall–Kier alpha value is -2.52. The van der Waals surface area contributed by atoms with Gasteiger partial charge >= 0.3 is 6.03 Å². The number of ether oxygens (including phenoxy) is 1. The van der Waals surface area contributed by atoms with E-state index in [1.165, 1.54) is 12.0 Å². The molecule has 1 aromatic carbocycles. The molecule has 4 amide bonds. The quantitative estimate of drug-likeness (QED) is 0.332. The van der Waals surface area contributed by atoms with E-state index in [-0.39, 0.29) is 18.4 Å². The lowest BCUT2D eigenvalue weighted by atomic mass is 9.85. The van der Waals surface area contributed by atoms with Crippen LogP contribution in [0.2, 0.25) is 5.02 Å². The van der Waals surface area contributed by atoms with Gasteiger partial charge in [-0.15, -0.1) is 0 Å². The van der Waals surface area contributed by atoms with Gasteiger partial charge in [-0.25, -0.2) is 10.3 Å². The first-order valence-electron chi connectivity index (χ1n) is 11.1. The molecule has 1 unspecified atom stereocenters. The van der Waals surface area contributed by atoms with Crippen LogP contribution >= 0.6 is 11.6 Å². The number of carbonyl (C=O) groups is 3. The third-order valence-electron chi connectivity index (χ3n) is 5.84. The Labute approximate surface area is 200 Å². The molecule has 1 aliphatic rings. The number of hydrogen-bond donors (Lipinski definition) is 4. The molecule has 0 heterocycles. The van der Waals surface area contributed by atoms with Crippen molar-refractivity contribution in [2.24, 2.45) is 11.3 Å². The maximum absolute atomic E-state index is 13.5. The number of hydrogen-bond acceptors (Lipinski definition) is 5. The molecule has 0 bridgehead atoms. The number of carbonyl (C=O) groups excluding carboxylic acids is 3. The second kappa shape index (κ2) is 11.6. The van der Waals surface area contributed by atoms with Gasteiger partial charge in [0.1, 0.15) is 18.3 Å². The second-order valence-corrected chi connectivity index (χ2v) is 10.0. The van der Waals surface area contributed by atoms with E-state index in [2.05, 4.69) is 10.6 Å². The summed E-state index contributed by atoms with van der Waals surface area (Å²) in [5.74, 6) is -0.384. The first-order chi connectivity index (χ1) is 15.5. The summed E-state index contributed by atoms with van der Waals surface area (Å²) in [6.07, 6.45) is 4.14. The fraction of sp³-hybridized carbons (Fsp3) is 0.609. The second-order valence-electron chi connectivity index (χ2n) is 9.60. The molecule has 1 fully saturated rings. The van der Waals surface area contributed by atoms with E-state index in [1.54, 1.807) is 24.5 Å². The fourth-order valence-corrected chi connectivity index (χ4v) is 4.15. The Balaban J connectivity index is 2.22. The van der Waals surface area contributed by atoms with Crippen molar-refractivity contribution >= 4 is 35.1 Å². The molecule has 0 aromatic heterocycles. The maximum atomic E-state index is 13.5. The Bertz CT molecular complexity index is 865. The van der Waals surface area contributed by atoms with Crippen LogP contribution in [0.1, 0.15) is 52.0 Å². The van der Waals surface area contributed by atoms with Gasteiger partial charge in [-0.05, 0) is 42.7 Å². The number of nitrogens with one attached hydrogen (secondary N) is 3. The van der Waals surface area contributed by atoms with E-state index in [1.807, 2.05) is 20.8 Å². The van der Waals surface area contributed by atoms with E-state index in [4.69, 9.17) is 21.5 Å². The standard InChI is InChI=1S/C23H35ClN4O5/c1-14-10-17(18(33-5)11-16(14)24)25-22(31)26-20(23(2,3)4)21(30)28(13-19(29)27-32)12-15-8-6-7-9-15/h10-11,15,20,32H,6-9,12-13H2,1-5H3,(H,27,29)(H2,25,26,31). The molecule has 4 N–H and O–H groups in total. The maximum Gasteiger partial charge on any atom is 0.320 e. The number of aryl methyl sites for hydroxylation is 1. The Kier molecular flexibility index (Phi) is 9.36. The zero-order valence-electron chi connectivity index (χ0n) is 20.0. The highest BCUT2D eigenvalue weighted by Crippen LogP contribution is 2.31. The summed E-state index contributed by atoms with van der Waals surface area (Å²) in [6, 6.07) is 1.79. The van der Waals surface area contributed by atoms with Gasteiger partial charge in [-0.1, -0.05) is 45.2 Å². The molecule has 1 atom stereocenters. The number of urea groups is 1. The molecule has 10 heteroatoms. The zero-order valence-corrected chi connectivity index (χ0v) is 20.7. The van der Waals surface area contributed by atoms with Crippen molar-refractivity contribution in [2.75, 3.05) is 25.5 Å². The first kappa shape index (κ1) is 26.7. The van der Waals surface area contributed by atoms with Crippen molar-refractivity contribution in [1.82, 2.24) is 15.7 Å². The molecule has 33 heavy (non-hydrogen) atoms. The van der Waals surface area contributed by atoms with E-state index in [9.17, 15) is 14.4 Å². The van der Waals surface area contributed by atoms with Gasteiger partial charge in [0.05, 0.1) is 12.8 Å². The molecule has 0 spiro atoms. The van der Waals surface area contributed by atoms with Gasteiger partial charge in [0.15, 0.2) is 0 Å². The molecule has 1 aromatic rings. The lowest BCUT2D eigenvalue weighted by Gasteiger charge is -2.35. The smallest absolute Gasteiger partial charge is 0.320 e. The molecular weight excluding hydrogens is 448 g/mol. The number of benzene rings is 1. The molecule has 1 saturated carbocycles. The van der Waals surface area contributed by atoms with E-state index >= 15 is 0 Å². The third kappa shape index (κ3) is 7.50. The predicted molar refractivity (Wildman–Crippen MR) is 127 cm³/mol. The van der Waals surface area contributed by atoms with E-state index < -0.39 is 23.4 Å². The topological polar surface area (TPSA) is 120 Å². The summed E-state index contributed by atoms with van der Waals surface area (Å²) >= 11 is 6.14. The summed E-state index contributed by atoms with van der Waals surface area (Å²) < 4.78 is 5.30. The van der Waals surface area contributed by atoms with E-state index in [0.29, 0.717) is 23.0 Å². The summed E-state index contributed by atoms with van der Waals surface area (Å²) in [5, 5.41) is 15.0. The average Bonchev–Trinajstić information content (AvgIpc) is 3.25. The fourth-order valence-electron chi connectivity index (χ4n) is 4.00. The number of hydroxylamine groups is 1. The summed E-state index contributed by atoms with van der Waals surface area (Å²) in [4.78, 5) is 39.7. The average molecular weight is 483 g/mol. The van der Waals surface area contributed by atoms with Gasteiger partial charge in [0.25, 0.3) is 5.91 Å². The number of nitrogens with zero attached hydrogens (tertiary/aromatic N) is 1. The van der Waals surface area contributed by atoms with Crippen molar-refractivity contribution in [3.05, 3.63) is 22.7 Å².